The summed E-state index contributed by atoms with van der Waals surface area (Å²) in [7, 11) is 0. The summed E-state index contributed by atoms with van der Waals surface area (Å²) >= 11 is 0. The summed E-state index contributed by atoms with van der Waals surface area (Å²) in [6.07, 6.45) is 3.62. The fourth-order valence-electron chi connectivity index (χ4n) is 4.00. The number of nitrogens with one attached hydrogen (secondary N) is 1. The van der Waals surface area contributed by atoms with Crippen molar-refractivity contribution in [2.45, 2.75) is 26.2 Å². The van der Waals surface area contributed by atoms with Gasteiger partial charge in [-0.3, -0.25) is 4.79 Å². The zero-order valence-electron chi connectivity index (χ0n) is 14.7. The van der Waals surface area contributed by atoms with Gasteiger partial charge in [0.1, 0.15) is 5.52 Å². The Morgan fingerprint density at radius 3 is 2.46 bits per heavy atom. The largest absolute Gasteiger partial charge is 0.370 e. The molecule has 0 saturated carbocycles. The van der Waals surface area contributed by atoms with Crippen molar-refractivity contribution in [3.63, 3.8) is 0 Å². The molecule has 0 bridgehead atoms. The van der Waals surface area contributed by atoms with Crippen LogP contribution >= 0.6 is 0 Å². The predicted octanol–water partition coefficient (Wildman–Crippen LogP) is 3.92. The number of benzene rings is 2. The van der Waals surface area contributed by atoms with E-state index in [0.717, 1.165) is 46.5 Å². The van der Waals surface area contributed by atoms with E-state index >= 15 is 0 Å². The molecule has 1 aliphatic rings. The van der Waals surface area contributed by atoms with Gasteiger partial charge in [-0.2, -0.15) is 0 Å². The number of rotatable bonds is 1. The number of aromatic amines is 1. The number of para-hydroxylation sites is 2. The van der Waals surface area contributed by atoms with Gasteiger partial charge in [-0.15, -0.1) is 0 Å². The van der Waals surface area contributed by atoms with Crippen molar-refractivity contribution >= 4 is 38.7 Å². The zero-order chi connectivity index (χ0) is 17.7. The molecule has 130 valence electrons. The smallest absolute Gasteiger partial charge is 0.191 e. The SMILES string of the molecule is Cc1cc(=O)c2c([nH]1)c(N1CCCCC1)cc1nc3ccccc3nc12. The second kappa shape index (κ2) is 5.80. The Morgan fingerprint density at radius 1 is 0.962 bits per heavy atom. The fraction of sp³-hybridized carbons (Fsp3) is 0.286. The second-order valence-corrected chi connectivity index (χ2v) is 7.09. The third-order valence-electron chi connectivity index (χ3n) is 5.23. The molecular weight excluding hydrogens is 324 g/mol. The van der Waals surface area contributed by atoms with Crippen molar-refractivity contribution in [3.8, 4) is 0 Å². The number of H-pyrrole nitrogens is 1. The molecule has 0 radical (unpaired) electrons. The van der Waals surface area contributed by atoms with Gasteiger partial charge in [-0.05, 0) is 44.4 Å². The standard InChI is InChI=1S/C21H20N4O/c1-13-11-18(26)19-20-16(23-14-7-3-4-8-15(14)24-20)12-17(21(19)22-13)25-9-5-2-6-10-25/h3-4,7-8,11-12H,2,5-6,9-10H2,1H3,(H,22,26). The van der Waals surface area contributed by atoms with Crippen molar-refractivity contribution < 1.29 is 0 Å². The lowest BCUT2D eigenvalue weighted by Gasteiger charge is -2.30. The van der Waals surface area contributed by atoms with Gasteiger partial charge in [0.15, 0.2) is 5.43 Å². The van der Waals surface area contributed by atoms with E-state index in [4.69, 9.17) is 9.97 Å². The van der Waals surface area contributed by atoms with Gasteiger partial charge in [0, 0.05) is 24.8 Å². The van der Waals surface area contributed by atoms with Crippen LogP contribution < -0.4 is 10.3 Å². The molecule has 5 nitrogen and oxygen atoms in total. The van der Waals surface area contributed by atoms with Crippen molar-refractivity contribution in [2.24, 2.45) is 0 Å². The number of hydrogen-bond donors (Lipinski definition) is 1. The van der Waals surface area contributed by atoms with Crippen LogP contribution in [0.4, 0.5) is 5.69 Å². The summed E-state index contributed by atoms with van der Waals surface area (Å²) in [4.78, 5) is 28.3. The number of piperidine rings is 1. The van der Waals surface area contributed by atoms with Crippen LogP contribution in [-0.4, -0.2) is 28.0 Å². The number of aryl methyl sites for hydroxylation is 1. The molecular formula is C21H20N4O. The maximum Gasteiger partial charge on any atom is 0.191 e. The van der Waals surface area contributed by atoms with Crippen LogP contribution in [0.3, 0.4) is 0 Å². The molecule has 0 unspecified atom stereocenters. The highest BCUT2D eigenvalue weighted by Gasteiger charge is 2.19. The van der Waals surface area contributed by atoms with E-state index in [1.807, 2.05) is 31.2 Å². The van der Waals surface area contributed by atoms with E-state index in [1.54, 1.807) is 6.07 Å². The molecule has 2 aromatic carbocycles. The summed E-state index contributed by atoms with van der Waals surface area (Å²) in [5, 5.41) is 0.645. The monoisotopic (exact) mass is 344 g/mol. The Hall–Kier alpha value is -2.95. The maximum absolute atomic E-state index is 12.9. The van der Waals surface area contributed by atoms with E-state index in [2.05, 4.69) is 16.0 Å². The molecule has 1 aliphatic heterocycles. The number of nitrogens with zero attached hydrogens (tertiary/aromatic N) is 3. The third kappa shape index (κ3) is 2.35. The maximum atomic E-state index is 12.9. The molecule has 0 aliphatic carbocycles. The normalized spacial score (nSPS) is 15.2. The lowest BCUT2D eigenvalue weighted by atomic mass is 10.1. The molecule has 1 saturated heterocycles. The first kappa shape index (κ1) is 15.3. The molecule has 5 heteroatoms. The Labute approximate surface area is 150 Å². The highest BCUT2D eigenvalue weighted by Crippen LogP contribution is 2.32. The number of fused-ring (bicyclic) bond motifs is 4. The average Bonchev–Trinajstić information content (AvgIpc) is 2.66. The summed E-state index contributed by atoms with van der Waals surface area (Å²) in [5.41, 5.74) is 5.96. The van der Waals surface area contributed by atoms with Crippen molar-refractivity contribution in [2.75, 3.05) is 18.0 Å². The Kier molecular flexibility index (Phi) is 3.42. The lowest BCUT2D eigenvalue weighted by molar-refractivity contribution is 0.579. The van der Waals surface area contributed by atoms with Crippen LogP contribution in [-0.2, 0) is 0 Å². The molecule has 0 spiro atoms. The van der Waals surface area contributed by atoms with E-state index in [-0.39, 0.29) is 5.43 Å². The van der Waals surface area contributed by atoms with E-state index < -0.39 is 0 Å². The molecule has 3 heterocycles. The molecule has 5 rings (SSSR count). The minimum Gasteiger partial charge on any atom is -0.370 e. The van der Waals surface area contributed by atoms with Crippen molar-refractivity contribution in [1.82, 2.24) is 15.0 Å². The van der Waals surface area contributed by atoms with Crippen LogP contribution in [0, 0.1) is 6.92 Å². The van der Waals surface area contributed by atoms with Gasteiger partial charge >= 0.3 is 0 Å². The molecule has 1 fully saturated rings. The summed E-state index contributed by atoms with van der Waals surface area (Å²) in [5.74, 6) is 0. The zero-order valence-corrected chi connectivity index (χ0v) is 14.7. The van der Waals surface area contributed by atoms with Crippen LogP contribution in [0.1, 0.15) is 25.0 Å². The number of aromatic nitrogens is 3. The summed E-state index contributed by atoms with van der Waals surface area (Å²) in [6.45, 7) is 3.95. The van der Waals surface area contributed by atoms with Crippen LogP contribution in [0.2, 0.25) is 0 Å². The first-order chi connectivity index (χ1) is 12.7. The molecule has 4 aromatic rings. The number of pyridine rings is 1. The fourth-order valence-corrected chi connectivity index (χ4v) is 4.00. The third-order valence-corrected chi connectivity index (χ3v) is 5.23. The average molecular weight is 344 g/mol. The molecule has 26 heavy (non-hydrogen) atoms. The summed E-state index contributed by atoms with van der Waals surface area (Å²) in [6, 6.07) is 11.6. The quantitative estimate of drug-likeness (QED) is 0.420. The number of hydrogen-bond acceptors (Lipinski definition) is 4. The molecule has 1 N–H and O–H groups in total. The predicted molar refractivity (Wildman–Crippen MR) is 106 cm³/mol. The van der Waals surface area contributed by atoms with Crippen LogP contribution in [0.25, 0.3) is 33.0 Å². The van der Waals surface area contributed by atoms with Gasteiger partial charge in [-0.1, -0.05) is 12.1 Å². The van der Waals surface area contributed by atoms with Crippen molar-refractivity contribution in [1.29, 1.82) is 0 Å². The first-order valence-electron chi connectivity index (χ1n) is 9.19. The first-order valence-corrected chi connectivity index (χ1v) is 9.19. The highest BCUT2D eigenvalue weighted by molar-refractivity contribution is 6.10. The van der Waals surface area contributed by atoms with Gasteiger partial charge in [-0.25, -0.2) is 9.97 Å². The minimum absolute atomic E-state index is 0.00434. The molecule has 0 atom stereocenters. The number of anilines is 1. The van der Waals surface area contributed by atoms with Crippen LogP contribution in [0.5, 0.6) is 0 Å². The van der Waals surface area contributed by atoms with E-state index in [0.29, 0.717) is 10.9 Å². The minimum atomic E-state index is 0.00434. The Bertz CT molecular complexity index is 1210. The topological polar surface area (TPSA) is 61.9 Å². The lowest BCUT2D eigenvalue weighted by Crippen LogP contribution is -2.30. The van der Waals surface area contributed by atoms with E-state index in [1.165, 1.54) is 19.3 Å². The van der Waals surface area contributed by atoms with Crippen LogP contribution in [0.15, 0.2) is 41.2 Å². The van der Waals surface area contributed by atoms with Gasteiger partial charge in [0.05, 0.1) is 33.1 Å². The Balaban J connectivity index is 1.93. The highest BCUT2D eigenvalue weighted by atomic mass is 16.1. The van der Waals surface area contributed by atoms with Gasteiger partial charge in [0.25, 0.3) is 0 Å². The molecule has 0 amide bonds. The Morgan fingerprint density at radius 2 is 1.69 bits per heavy atom. The molecule has 2 aromatic heterocycles. The van der Waals surface area contributed by atoms with Crippen molar-refractivity contribution in [3.05, 3.63) is 52.3 Å². The van der Waals surface area contributed by atoms with E-state index in [9.17, 15) is 4.79 Å². The summed E-state index contributed by atoms with van der Waals surface area (Å²) < 4.78 is 0. The second-order valence-electron chi connectivity index (χ2n) is 7.09. The van der Waals surface area contributed by atoms with Gasteiger partial charge < -0.3 is 9.88 Å². The van der Waals surface area contributed by atoms with Gasteiger partial charge in [0.2, 0.25) is 0 Å².